The second kappa shape index (κ2) is 7.27. The molecular formula is C17H22N4O2S. The monoisotopic (exact) mass is 346 g/mol. The van der Waals surface area contributed by atoms with Gasteiger partial charge in [-0.15, -0.1) is 11.3 Å². The predicted molar refractivity (Wildman–Crippen MR) is 94.1 cm³/mol. The zero-order chi connectivity index (χ0) is 17.1. The molecule has 0 atom stereocenters. The van der Waals surface area contributed by atoms with E-state index in [1.807, 2.05) is 13.0 Å². The van der Waals surface area contributed by atoms with Gasteiger partial charge in [0.2, 0.25) is 5.91 Å². The summed E-state index contributed by atoms with van der Waals surface area (Å²) in [6, 6.07) is 5.76. The molecule has 1 amide bonds. The first-order chi connectivity index (χ1) is 11.5. The number of carbonyl (C=O) groups is 1. The van der Waals surface area contributed by atoms with Gasteiger partial charge in [-0.1, -0.05) is 0 Å². The minimum absolute atomic E-state index is 0.0133. The molecule has 2 aromatic rings. The number of aromatic nitrogens is 2. The molecule has 6 nitrogen and oxygen atoms in total. The molecule has 0 unspecified atom stereocenters. The summed E-state index contributed by atoms with van der Waals surface area (Å²) in [7, 11) is 0. The summed E-state index contributed by atoms with van der Waals surface area (Å²) in [6.45, 7) is 6.86. The third-order valence-electron chi connectivity index (χ3n) is 4.15. The van der Waals surface area contributed by atoms with Gasteiger partial charge in [-0.25, -0.2) is 4.68 Å². The first-order valence-electron chi connectivity index (χ1n) is 8.19. The van der Waals surface area contributed by atoms with Crippen molar-refractivity contribution in [1.29, 1.82) is 0 Å². The molecule has 0 aromatic carbocycles. The summed E-state index contributed by atoms with van der Waals surface area (Å²) >= 11 is 1.70. The molecule has 0 radical (unpaired) electrons. The van der Waals surface area contributed by atoms with Crippen LogP contribution in [0.1, 0.15) is 27.9 Å². The quantitative estimate of drug-likeness (QED) is 0.886. The molecule has 0 fully saturated rings. The van der Waals surface area contributed by atoms with Gasteiger partial charge in [0.1, 0.15) is 0 Å². The molecule has 0 spiro atoms. The van der Waals surface area contributed by atoms with Crippen molar-refractivity contribution in [2.75, 3.05) is 13.1 Å². The van der Waals surface area contributed by atoms with E-state index in [0.717, 1.165) is 29.1 Å². The van der Waals surface area contributed by atoms with E-state index in [-0.39, 0.29) is 11.5 Å². The Morgan fingerprint density at radius 1 is 1.42 bits per heavy atom. The van der Waals surface area contributed by atoms with E-state index in [0.29, 0.717) is 26.2 Å². The molecule has 0 aliphatic carbocycles. The smallest absolute Gasteiger partial charge is 0.267 e. The minimum Gasteiger partial charge on any atom is -0.350 e. The van der Waals surface area contributed by atoms with E-state index in [4.69, 9.17) is 0 Å². The van der Waals surface area contributed by atoms with Crippen molar-refractivity contribution in [2.24, 2.45) is 0 Å². The standard InChI is InChI=1S/C17H22N4O2S/c1-3-21-17(23)8-13-10-20(7-6-15(13)19-21)11-16(22)18-9-14-5-4-12(2)24-14/h4-5,8H,3,6-7,9-11H2,1-2H3,(H,18,22). The van der Waals surface area contributed by atoms with Crippen molar-refractivity contribution >= 4 is 17.2 Å². The Bertz CT molecular complexity index is 796. The molecule has 128 valence electrons. The van der Waals surface area contributed by atoms with Crippen LogP contribution in [0.15, 0.2) is 23.0 Å². The van der Waals surface area contributed by atoms with Gasteiger partial charge in [0.25, 0.3) is 5.56 Å². The average molecular weight is 346 g/mol. The van der Waals surface area contributed by atoms with Crippen LogP contribution in [-0.2, 0) is 30.8 Å². The van der Waals surface area contributed by atoms with E-state index in [1.54, 1.807) is 17.4 Å². The molecule has 0 bridgehead atoms. The Morgan fingerprint density at radius 3 is 2.96 bits per heavy atom. The van der Waals surface area contributed by atoms with Crippen molar-refractivity contribution in [3.63, 3.8) is 0 Å². The number of carbonyl (C=O) groups excluding carboxylic acids is 1. The Balaban J connectivity index is 1.56. The highest BCUT2D eigenvalue weighted by Gasteiger charge is 2.20. The van der Waals surface area contributed by atoms with Gasteiger partial charge in [-0.05, 0) is 31.5 Å². The molecule has 0 saturated heterocycles. The lowest BCUT2D eigenvalue weighted by Crippen LogP contribution is -2.41. The number of fused-ring (bicyclic) bond motifs is 1. The third kappa shape index (κ3) is 3.91. The molecule has 1 aliphatic heterocycles. The SMILES string of the molecule is CCn1nc2c(cc1=O)CN(CC(=O)NCc1ccc(C)s1)CC2. The van der Waals surface area contributed by atoms with Crippen molar-refractivity contribution in [2.45, 2.75) is 39.9 Å². The van der Waals surface area contributed by atoms with Crippen molar-refractivity contribution in [1.82, 2.24) is 20.0 Å². The van der Waals surface area contributed by atoms with Crippen LogP contribution in [0.25, 0.3) is 0 Å². The fraction of sp³-hybridized carbons (Fsp3) is 0.471. The number of amides is 1. The van der Waals surface area contributed by atoms with Gasteiger partial charge < -0.3 is 5.32 Å². The summed E-state index contributed by atoms with van der Waals surface area (Å²) < 4.78 is 1.49. The maximum atomic E-state index is 12.1. The first kappa shape index (κ1) is 16.9. The largest absolute Gasteiger partial charge is 0.350 e. The molecule has 3 heterocycles. The van der Waals surface area contributed by atoms with Crippen LogP contribution in [0, 0.1) is 6.92 Å². The molecule has 2 aromatic heterocycles. The summed E-state index contributed by atoms with van der Waals surface area (Å²) in [5.74, 6) is 0.0133. The number of thiophene rings is 1. The van der Waals surface area contributed by atoms with Gasteiger partial charge in [-0.2, -0.15) is 5.10 Å². The minimum atomic E-state index is -0.0735. The number of hydrogen-bond donors (Lipinski definition) is 1. The van der Waals surface area contributed by atoms with Crippen LogP contribution in [0.3, 0.4) is 0 Å². The number of hydrogen-bond acceptors (Lipinski definition) is 5. The molecule has 24 heavy (non-hydrogen) atoms. The predicted octanol–water partition coefficient (Wildman–Crippen LogP) is 1.31. The van der Waals surface area contributed by atoms with Crippen molar-refractivity contribution < 1.29 is 4.79 Å². The van der Waals surface area contributed by atoms with Crippen LogP contribution in [0.2, 0.25) is 0 Å². The molecule has 1 aliphatic rings. The fourth-order valence-corrected chi connectivity index (χ4v) is 3.71. The highest BCUT2D eigenvalue weighted by molar-refractivity contribution is 7.11. The van der Waals surface area contributed by atoms with Crippen LogP contribution in [-0.4, -0.2) is 33.7 Å². The molecule has 3 rings (SSSR count). The maximum Gasteiger partial charge on any atom is 0.267 e. The van der Waals surface area contributed by atoms with Gasteiger partial charge in [0.15, 0.2) is 0 Å². The van der Waals surface area contributed by atoms with Crippen LogP contribution >= 0.6 is 11.3 Å². The van der Waals surface area contributed by atoms with Crippen LogP contribution < -0.4 is 10.9 Å². The number of aryl methyl sites for hydroxylation is 2. The van der Waals surface area contributed by atoms with Gasteiger partial charge in [0.05, 0.1) is 18.8 Å². The number of nitrogens with one attached hydrogen (secondary N) is 1. The summed E-state index contributed by atoms with van der Waals surface area (Å²) in [4.78, 5) is 28.5. The lowest BCUT2D eigenvalue weighted by molar-refractivity contribution is -0.122. The van der Waals surface area contributed by atoms with E-state index >= 15 is 0 Å². The highest BCUT2D eigenvalue weighted by Crippen LogP contribution is 2.16. The third-order valence-corrected chi connectivity index (χ3v) is 5.15. The molecule has 1 N–H and O–H groups in total. The van der Waals surface area contributed by atoms with E-state index in [1.165, 1.54) is 9.56 Å². The second-order valence-corrected chi connectivity index (χ2v) is 7.39. The normalized spacial score (nSPS) is 14.4. The lowest BCUT2D eigenvalue weighted by Gasteiger charge is -2.27. The Morgan fingerprint density at radius 2 is 2.25 bits per heavy atom. The van der Waals surface area contributed by atoms with E-state index < -0.39 is 0 Å². The van der Waals surface area contributed by atoms with Gasteiger partial charge >= 0.3 is 0 Å². The van der Waals surface area contributed by atoms with Crippen molar-refractivity contribution in [3.05, 3.63) is 49.6 Å². The summed E-state index contributed by atoms with van der Waals surface area (Å²) in [5.41, 5.74) is 1.84. The van der Waals surface area contributed by atoms with Crippen LogP contribution in [0.4, 0.5) is 0 Å². The number of rotatable bonds is 5. The Hall–Kier alpha value is -1.99. The van der Waals surface area contributed by atoms with E-state index in [9.17, 15) is 9.59 Å². The second-order valence-electron chi connectivity index (χ2n) is 6.02. The fourth-order valence-electron chi connectivity index (χ4n) is 2.88. The Labute approximate surface area is 145 Å². The van der Waals surface area contributed by atoms with Gasteiger partial charge in [0, 0.05) is 41.9 Å². The van der Waals surface area contributed by atoms with Gasteiger partial charge in [-0.3, -0.25) is 14.5 Å². The lowest BCUT2D eigenvalue weighted by atomic mass is 10.1. The maximum absolute atomic E-state index is 12.1. The topological polar surface area (TPSA) is 67.2 Å². The Kier molecular flexibility index (Phi) is 5.11. The molecule has 7 heteroatoms. The van der Waals surface area contributed by atoms with Crippen LogP contribution in [0.5, 0.6) is 0 Å². The highest BCUT2D eigenvalue weighted by atomic mass is 32.1. The van der Waals surface area contributed by atoms with Crippen molar-refractivity contribution in [3.8, 4) is 0 Å². The zero-order valence-electron chi connectivity index (χ0n) is 14.0. The van der Waals surface area contributed by atoms with E-state index in [2.05, 4.69) is 28.3 Å². The summed E-state index contributed by atoms with van der Waals surface area (Å²) in [5, 5.41) is 7.36. The zero-order valence-corrected chi connectivity index (χ0v) is 14.9. The first-order valence-corrected chi connectivity index (χ1v) is 9.01. The molecular weight excluding hydrogens is 324 g/mol. The summed E-state index contributed by atoms with van der Waals surface area (Å²) in [6.07, 6.45) is 0.771. The molecule has 0 saturated carbocycles. The number of nitrogens with zero attached hydrogens (tertiary/aromatic N) is 3. The average Bonchev–Trinajstić information content (AvgIpc) is 2.98.